The molecule has 0 spiro atoms. The molecule has 0 radical (unpaired) electrons. The van der Waals surface area contributed by atoms with Crippen molar-refractivity contribution >= 4 is 29.1 Å². The first-order valence-electron chi connectivity index (χ1n) is 8.04. The van der Waals surface area contributed by atoms with Crippen LogP contribution in [0.2, 0.25) is 0 Å². The minimum atomic E-state index is -0.686. The number of anilines is 2. The van der Waals surface area contributed by atoms with Gasteiger partial charge in [0, 0.05) is 24.3 Å². The zero-order valence-corrected chi connectivity index (χ0v) is 13.4. The van der Waals surface area contributed by atoms with E-state index in [1.807, 2.05) is 0 Å². The van der Waals surface area contributed by atoms with Gasteiger partial charge in [-0.1, -0.05) is 31.7 Å². The normalized spacial score (nSPS) is 15.3. The van der Waals surface area contributed by atoms with Crippen LogP contribution >= 0.6 is 0 Å². The van der Waals surface area contributed by atoms with Crippen molar-refractivity contribution in [3.63, 3.8) is 0 Å². The van der Waals surface area contributed by atoms with E-state index in [1.54, 1.807) is 24.3 Å². The van der Waals surface area contributed by atoms with Crippen LogP contribution in [0.1, 0.15) is 45.4 Å². The molecule has 6 heteroatoms. The van der Waals surface area contributed by atoms with Gasteiger partial charge in [0.05, 0.1) is 0 Å². The number of hydrogen-bond acceptors (Lipinski definition) is 3. The molecule has 0 aromatic heterocycles. The van der Waals surface area contributed by atoms with Crippen molar-refractivity contribution in [1.82, 2.24) is 5.32 Å². The summed E-state index contributed by atoms with van der Waals surface area (Å²) in [6.07, 6.45) is 6.41. The van der Waals surface area contributed by atoms with Gasteiger partial charge in [0.1, 0.15) is 0 Å². The number of hydrogen-bond donors (Lipinski definition) is 3. The minimum Gasteiger partial charge on any atom is -0.345 e. The highest BCUT2D eigenvalue weighted by Gasteiger charge is 2.19. The molecule has 6 nitrogen and oxygen atoms in total. The van der Waals surface area contributed by atoms with Gasteiger partial charge in [-0.25, -0.2) is 0 Å². The average molecular weight is 317 g/mol. The lowest BCUT2D eigenvalue weighted by Gasteiger charge is -2.16. The summed E-state index contributed by atoms with van der Waals surface area (Å²) in [5, 5.41) is 7.99. The first kappa shape index (κ1) is 17.0. The summed E-state index contributed by atoms with van der Waals surface area (Å²) in [5.41, 5.74) is 1.04. The molecule has 1 aromatic carbocycles. The number of nitrogens with one attached hydrogen (secondary N) is 3. The van der Waals surface area contributed by atoms with Gasteiger partial charge in [-0.15, -0.1) is 0 Å². The van der Waals surface area contributed by atoms with Crippen LogP contribution < -0.4 is 16.0 Å². The highest BCUT2D eigenvalue weighted by atomic mass is 16.2. The molecule has 0 aliphatic heterocycles. The summed E-state index contributed by atoms with van der Waals surface area (Å²) in [6.45, 7) is 1.41. The molecule has 3 amide bonds. The Morgan fingerprint density at radius 3 is 2.13 bits per heavy atom. The Balaban J connectivity index is 1.90. The van der Waals surface area contributed by atoms with Crippen LogP contribution in [-0.4, -0.2) is 23.8 Å². The van der Waals surface area contributed by atoms with E-state index in [4.69, 9.17) is 0 Å². The lowest BCUT2D eigenvalue weighted by Crippen LogP contribution is -2.41. The van der Waals surface area contributed by atoms with E-state index >= 15 is 0 Å². The fraction of sp³-hybridized carbons (Fsp3) is 0.471. The molecule has 0 bridgehead atoms. The van der Waals surface area contributed by atoms with Gasteiger partial charge in [0.2, 0.25) is 5.91 Å². The molecule has 1 aliphatic rings. The predicted octanol–water partition coefficient (Wildman–Crippen LogP) is 2.42. The number of carbonyl (C=O) groups excluding carboxylic acids is 3. The van der Waals surface area contributed by atoms with Crippen LogP contribution in [0.5, 0.6) is 0 Å². The molecule has 0 atom stereocenters. The summed E-state index contributed by atoms with van der Waals surface area (Å²) in [4.78, 5) is 35.0. The van der Waals surface area contributed by atoms with Crippen LogP contribution in [0.15, 0.2) is 24.3 Å². The monoisotopic (exact) mass is 317 g/mol. The van der Waals surface area contributed by atoms with Gasteiger partial charge in [0.25, 0.3) is 0 Å². The van der Waals surface area contributed by atoms with E-state index < -0.39 is 11.8 Å². The van der Waals surface area contributed by atoms with E-state index in [0.717, 1.165) is 25.7 Å². The van der Waals surface area contributed by atoms with Gasteiger partial charge in [-0.2, -0.15) is 0 Å². The maximum absolute atomic E-state index is 12.0. The topological polar surface area (TPSA) is 87.3 Å². The second-order valence-electron chi connectivity index (χ2n) is 5.88. The summed E-state index contributed by atoms with van der Waals surface area (Å²) in [5.74, 6) is -1.49. The quantitative estimate of drug-likeness (QED) is 0.591. The Morgan fingerprint density at radius 1 is 0.913 bits per heavy atom. The first-order chi connectivity index (χ1) is 11.0. The van der Waals surface area contributed by atoms with Crippen molar-refractivity contribution in [2.24, 2.45) is 0 Å². The maximum Gasteiger partial charge on any atom is 0.313 e. The number of amides is 3. The first-order valence-corrected chi connectivity index (χ1v) is 8.04. The maximum atomic E-state index is 12.0. The van der Waals surface area contributed by atoms with E-state index in [-0.39, 0.29) is 11.9 Å². The van der Waals surface area contributed by atoms with Crippen LogP contribution in [0.3, 0.4) is 0 Å². The lowest BCUT2D eigenvalue weighted by atomic mass is 10.1. The van der Waals surface area contributed by atoms with Crippen LogP contribution in [0.25, 0.3) is 0 Å². The largest absolute Gasteiger partial charge is 0.345 e. The van der Waals surface area contributed by atoms with Crippen molar-refractivity contribution in [1.29, 1.82) is 0 Å². The van der Waals surface area contributed by atoms with E-state index in [2.05, 4.69) is 16.0 Å². The van der Waals surface area contributed by atoms with E-state index in [9.17, 15) is 14.4 Å². The summed E-state index contributed by atoms with van der Waals surface area (Å²) in [6, 6.07) is 6.77. The van der Waals surface area contributed by atoms with Crippen molar-refractivity contribution in [3.8, 4) is 0 Å². The SMILES string of the molecule is CC(=O)Nc1cccc(NC(=O)C(=O)NC2CCCCCC2)c1. The standard InChI is InChI=1S/C17H23N3O3/c1-12(21)18-14-9-6-10-15(11-14)20-17(23)16(22)19-13-7-4-2-3-5-8-13/h6,9-11,13H,2-5,7-8H2,1H3,(H,18,21)(H,19,22)(H,20,23). The Morgan fingerprint density at radius 2 is 1.52 bits per heavy atom. The van der Waals surface area contributed by atoms with Gasteiger partial charge in [-0.05, 0) is 31.0 Å². The molecule has 124 valence electrons. The third-order valence-corrected chi connectivity index (χ3v) is 3.84. The molecular formula is C17H23N3O3. The minimum absolute atomic E-state index is 0.0847. The molecule has 0 unspecified atom stereocenters. The average Bonchev–Trinajstić information content (AvgIpc) is 2.75. The highest BCUT2D eigenvalue weighted by molar-refractivity contribution is 6.39. The second-order valence-corrected chi connectivity index (χ2v) is 5.88. The molecule has 1 fully saturated rings. The Bertz CT molecular complexity index is 578. The van der Waals surface area contributed by atoms with E-state index in [0.29, 0.717) is 11.4 Å². The Labute approximate surface area is 136 Å². The number of rotatable bonds is 3. The predicted molar refractivity (Wildman–Crippen MR) is 89.0 cm³/mol. The highest BCUT2D eigenvalue weighted by Crippen LogP contribution is 2.17. The number of carbonyl (C=O) groups is 3. The van der Waals surface area contributed by atoms with Crippen LogP contribution in [0.4, 0.5) is 11.4 Å². The van der Waals surface area contributed by atoms with Crippen molar-refractivity contribution in [2.45, 2.75) is 51.5 Å². The number of benzene rings is 1. The molecule has 2 rings (SSSR count). The summed E-state index contributed by atoms with van der Waals surface area (Å²) >= 11 is 0. The third-order valence-electron chi connectivity index (χ3n) is 3.84. The van der Waals surface area contributed by atoms with Crippen molar-refractivity contribution in [2.75, 3.05) is 10.6 Å². The second kappa shape index (κ2) is 8.31. The summed E-state index contributed by atoms with van der Waals surface area (Å²) < 4.78 is 0. The fourth-order valence-electron chi connectivity index (χ4n) is 2.74. The smallest absolute Gasteiger partial charge is 0.313 e. The zero-order valence-electron chi connectivity index (χ0n) is 13.4. The van der Waals surface area contributed by atoms with Crippen LogP contribution in [-0.2, 0) is 14.4 Å². The van der Waals surface area contributed by atoms with Gasteiger partial charge in [-0.3, -0.25) is 14.4 Å². The molecule has 1 saturated carbocycles. The molecule has 0 saturated heterocycles. The molecule has 1 aliphatic carbocycles. The molecule has 0 heterocycles. The lowest BCUT2D eigenvalue weighted by molar-refractivity contribution is -0.136. The van der Waals surface area contributed by atoms with Gasteiger partial charge in [0.15, 0.2) is 0 Å². The van der Waals surface area contributed by atoms with Crippen molar-refractivity contribution in [3.05, 3.63) is 24.3 Å². The van der Waals surface area contributed by atoms with Crippen LogP contribution in [0, 0.1) is 0 Å². The molecular weight excluding hydrogens is 294 g/mol. The third kappa shape index (κ3) is 5.73. The Kier molecular flexibility index (Phi) is 6.14. The molecule has 1 aromatic rings. The van der Waals surface area contributed by atoms with Crippen molar-refractivity contribution < 1.29 is 14.4 Å². The van der Waals surface area contributed by atoms with E-state index in [1.165, 1.54) is 19.8 Å². The molecule has 23 heavy (non-hydrogen) atoms. The Hall–Kier alpha value is -2.37. The summed E-state index contributed by atoms with van der Waals surface area (Å²) in [7, 11) is 0. The fourth-order valence-corrected chi connectivity index (χ4v) is 2.74. The molecule has 3 N–H and O–H groups in total. The van der Waals surface area contributed by atoms with Gasteiger partial charge < -0.3 is 16.0 Å². The zero-order chi connectivity index (χ0) is 16.7. The van der Waals surface area contributed by atoms with Gasteiger partial charge >= 0.3 is 11.8 Å².